The van der Waals surface area contributed by atoms with E-state index in [2.05, 4.69) is 161 Å². The summed E-state index contributed by atoms with van der Waals surface area (Å²) in [4.78, 5) is 0. The van der Waals surface area contributed by atoms with Gasteiger partial charge in [0.2, 0.25) is 0 Å². The quantitative estimate of drug-likeness (QED) is 0.0761. The van der Waals surface area contributed by atoms with Crippen LogP contribution in [-0.2, 0) is 32.6 Å². The molecule has 2 nitrogen and oxygen atoms in total. The average molecular weight is 834 g/mol. The Kier molecular flexibility index (Phi) is 11.6. The third-order valence-electron chi connectivity index (χ3n) is 11.3. The van der Waals surface area contributed by atoms with Gasteiger partial charge in [-0.2, -0.15) is 18.2 Å². The molecule has 7 aromatic carbocycles. The number of nitrogens with zero attached hydrogens (tertiary/aromatic N) is 1. The van der Waals surface area contributed by atoms with Gasteiger partial charge in [0, 0.05) is 43.5 Å². The van der Waals surface area contributed by atoms with Crippen LogP contribution in [0.4, 0.5) is 0 Å². The van der Waals surface area contributed by atoms with Gasteiger partial charge in [0.25, 0.3) is 0 Å². The van der Waals surface area contributed by atoms with Gasteiger partial charge >= 0.3 is 37.9 Å². The minimum absolute atomic E-state index is 0.0651. The molecule has 0 fully saturated rings. The first-order chi connectivity index (χ1) is 25.6. The molecular formula is C47H49Cl2NOSiZr. The molecule has 6 heteroatoms. The number of fused-ring (bicyclic) bond motifs is 7. The first-order valence-electron chi connectivity index (χ1n) is 18.9. The zero-order chi connectivity index (χ0) is 37.3. The van der Waals surface area contributed by atoms with E-state index in [0.29, 0.717) is 0 Å². The molecule has 0 spiro atoms. The molecule has 270 valence electrons. The van der Waals surface area contributed by atoms with Gasteiger partial charge in [-0.15, -0.1) is 55.7 Å². The topological polar surface area (TPSA) is 14.2 Å². The molecule has 0 aliphatic heterocycles. The molecule has 1 unspecified atom stereocenters. The summed E-state index contributed by atoms with van der Waals surface area (Å²) < 4.78 is 8.36. The average Bonchev–Trinajstić information content (AvgIpc) is 3.83. The molecule has 0 saturated carbocycles. The van der Waals surface area contributed by atoms with Crippen molar-refractivity contribution < 1.29 is 25.6 Å². The van der Waals surface area contributed by atoms with Crippen LogP contribution in [0.2, 0.25) is 12.6 Å². The number of hydrogen-bond donors (Lipinski definition) is 0. The summed E-state index contributed by atoms with van der Waals surface area (Å²) in [5.74, 6) is 0. The Bertz CT molecular complexity index is 2540. The molecule has 0 amide bonds. The number of para-hydroxylation sites is 1. The molecule has 0 N–H and O–H groups in total. The molecule has 0 radical (unpaired) electrons. The molecule has 1 heterocycles. The van der Waals surface area contributed by atoms with Crippen molar-refractivity contribution in [2.75, 3.05) is 6.61 Å². The van der Waals surface area contributed by atoms with Crippen LogP contribution >= 0.6 is 17.0 Å². The SMILES string of the molecule is Cc1cc2c(-c3ccc4c(c3)c3ccccc3n4C)cccc2[c-]1[Si](C)(CCCCCCOC(C)(C)C)[c-]1ccc2c3ccccc3ccc21.[Cl][Zr+2][Cl]. The van der Waals surface area contributed by atoms with Crippen molar-refractivity contribution in [2.24, 2.45) is 7.05 Å². The number of aryl methyl sites for hydroxylation is 2. The second-order valence-electron chi connectivity index (χ2n) is 15.8. The number of aromatic nitrogens is 1. The third kappa shape index (κ3) is 7.52. The molecule has 53 heavy (non-hydrogen) atoms. The molecular weight excluding hydrogens is 785 g/mol. The fourth-order valence-electron chi connectivity index (χ4n) is 8.91. The van der Waals surface area contributed by atoms with Gasteiger partial charge in [0.1, 0.15) is 0 Å². The molecule has 0 saturated heterocycles. The number of unbranched alkanes of at least 4 members (excludes halogenated alkanes) is 3. The second-order valence-corrected chi connectivity index (χ2v) is 23.7. The Labute approximate surface area is 334 Å². The fraction of sp³-hybridized carbons (Fsp3) is 0.277. The van der Waals surface area contributed by atoms with Crippen LogP contribution in [0.15, 0.2) is 115 Å². The Balaban J connectivity index is 0.00000140. The van der Waals surface area contributed by atoms with Crippen molar-refractivity contribution in [1.29, 1.82) is 0 Å². The Morgan fingerprint density at radius 3 is 2.21 bits per heavy atom. The van der Waals surface area contributed by atoms with Crippen molar-refractivity contribution in [3.05, 3.63) is 121 Å². The summed E-state index contributed by atoms with van der Waals surface area (Å²) in [7, 11) is 9.86. The molecule has 0 aliphatic rings. The maximum atomic E-state index is 6.04. The molecule has 1 atom stereocenters. The Morgan fingerprint density at radius 1 is 0.698 bits per heavy atom. The Hall–Kier alpha value is -2.98. The van der Waals surface area contributed by atoms with Crippen LogP contribution in [0.3, 0.4) is 0 Å². The van der Waals surface area contributed by atoms with Crippen LogP contribution in [-0.4, -0.2) is 24.8 Å². The fourth-order valence-corrected chi connectivity index (χ4v) is 13.7. The molecule has 0 aliphatic carbocycles. The van der Waals surface area contributed by atoms with Gasteiger partial charge in [-0.05, 0) is 56.3 Å². The van der Waals surface area contributed by atoms with Crippen LogP contribution in [0.1, 0.15) is 52.0 Å². The van der Waals surface area contributed by atoms with Crippen LogP contribution in [0.25, 0.3) is 65.3 Å². The van der Waals surface area contributed by atoms with Crippen molar-refractivity contribution in [3.8, 4) is 11.1 Å². The van der Waals surface area contributed by atoms with Gasteiger partial charge in [0.15, 0.2) is 0 Å². The number of ether oxygens (including phenoxy) is 1. The van der Waals surface area contributed by atoms with Gasteiger partial charge in [-0.3, -0.25) is 0 Å². The first-order valence-corrected chi connectivity index (χ1v) is 27.9. The van der Waals surface area contributed by atoms with E-state index in [1.54, 1.807) is 10.4 Å². The summed E-state index contributed by atoms with van der Waals surface area (Å²) in [6.07, 6.45) is 4.83. The number of hydrogen-bond acceptors (Lipinski definition) is 1. The maximum absolute atomic E-state index is 6.04. The minimum atomic E-state index is -2.19. The summed E-state index contributed by atoms with van der Waals surface area (Å²) in [5.41, 5.74) is 6.57. The van der Waals surface area contributed by atoms with Crippen LogP contribution in [0.5, 0.6) is 0 Å². The van der Waals surface area contributed by atoms with E-state index in [0.717, 1.165) is 13.0 Å². The standard InChI is InChI=1S/C47H49NOSi.2ClH.Zr/c1-32-30-41-36(34-23-26-44-42(31-34)38-18-11-12-21-43(38)48(44)5)19-15-20-40(41)46(32)50(6,29-14-8-7-13-28-49-47(2,3)4)45-27-25-37-35-17-10-9-16-33(35)22-24-39(37)45;;;/h9-12,15-27,30-31H,7-8,13-14,28-29H2,1-6H3;2*1H;/q-2;;;+4/p-2. The molecule has 8 aromatic rings. The third-order valence-corrected chi connectivity index (χ3v) is 16.0. The predicted molar refractivity (Wildman–Crippen MR) is 232 cm³/mol. The molecule has 1 aromatic heterocycles. The van der Waals surface area contributed by atoms with E-state index in [4.69, 9.17) is 21.8 Å². The monoisotopic (exact) mass is 831 g/mol. The van der Waals surface area contributed by atoms with E-state index in [9.17, 15) is 0 Å². The molecule has 8 rings (SSSR count). The van der Waals surface area contributed by atoms with E-state index in [1.165, 1.54) is 96.1 Å². The summed E-state index contributed by atoms with van der Waals surface area (Å²) in [6.45, 7) is 12.3. The van der Waals surface area contributed by atoms with Gasteiger partial charge in [0.05, 0.1) is 5.60 Å². The summed E-state index contributed by atoms with van der Waals surface area (Å²) in [5, 5.41) is 14.2. The van der Waals surface area contributed by atoms with E-state index < -0.39 is 28.9 Å². The zero-order valence-electron chi connectivity index (χ0n) is 31.8. The number of benzene rings is 5. The predicted octanol–water partition coefficient (Wildman–Crippen LogP) is 13.1. The van der Waals surface area contributed by atoms with Crippen molar-refractivity contribution in [2.45, 2.75) is 71.6 Å². The van der Waals surface area contributed by atoms with E-state index in [-0.39, 0.29) is 5.60 Å². The normalized spacial score (nSPS) is 13.1. The molecule has 0 bridgehead atoms. The van der Waals surface area contributed by atoms with Gasteiger partial charge in [-0.25, -0.2) is 0 Å². The summed E-state index contributed by atoms with van der Waals surface area (Å²) in [6, 6.07) is 45.1. The summed E-state index contributed by atoms with van der Waals surface area (Å²) >= 11 is -0.826. The Morgan fingerprint density at radius 2 is 1.42 bits per heavy atom. The van der Waals surface area contributed by atoms with Crippen LogP contribution < -0.4 is 10.4 Å². The second kappa shape index (κ2) is 16.0. The number of rotatable bonds is 10. The van der Waals surface area contributed by atoms with Crippen molar-refractivity contribution in [3.63, 3.8) is 0 Å². The number of halogens is 2. The van der Waals surface area contributed by atoms with Gasteiger partial charge < -0.3 is 9.30 Å². The van der Waals surface area contributed by atoms with E-state index in [1.807, 2.05) is 0 Å². The van der Waals surface area contributed by atoms with Crippen molar-refractivity contribution >= 4 is 89.6 Å². The van der Waals surface area contributed by atoms with Crippen LogP contribution in [0, 0.1) is 6.92 Å². The van der Waals surface area contributed by atoms with Crippen molar-refractivity contribution in [1.82, 2.24) is 4.57 Å². The first kappa shape index (κ1) is 38.3. The zero-order valence-corrected chi connectivity index (χ0v) is 36.8. The van der Waals surface area contributed by atoms with Gasteiger partial charge in [-0.1, -0.05) is 110 Å². The van der Waals surface area contributed by atoms with E-state index >= 15 is 0 Å².